The molecule has 53 valence electrons. The fourth-order valence-corrected chi connectivity index (χ4v) is 1.32. The Labute approximate surface area is 58.7 Å². The summed E-state index contributed by atoms with van der Waals surface area (Å²) in [4.78, 5) is 0. The molecule has 0 spiro atoms. The van der Waals surface area contributed by atoms with E-state index in [1.165, 1.54) is 32.1 Å². The van der Waals surface area contributed by atoms with Crippen molar-refractivity contribution in [1.82, 2.24) is 0 Å². The summed E-state index contributed by atoms with van der Waals surface area (Å²) in [6, 6.07) is 0. The summed E-state index contributed by atoms with van der Waals surface area (Å²) < 4.78 is 0. The van der Waals surface area contributed by atoms with Crippen molar-refractivity contribution in [3.63, 3.8) is 0 Å². The Morgan fingerprint density at radius 2 is 2.11 bits per heavy atom. The first kappa shape index (κ1) is 7.11. The lowest BCUT2D eigenvalue weighted by atomic mass is 10.1. The molecule has 0 aromatic rings. The van der Waals surface area contributed by atoms with Crippen molar-refractivity contribution in [2.75, 3.05) is 0 Å². The highest BCUT2D eigenvalue weighted by atomic mass is 14.4. The quantitative estimate of drug-likeness (QED) is 0.506. The van der Waals surface area contributed by atoms with Crippen LogP contribution in [0.4, 0.5) is 0 Å². The Kier molecular flexibility index (Phi) is 2.56. The summed E-state index contributed by atoms with van der Waals surface area (Å²) in [5.74, 6) is 2.78. The molecular weight excluding hydrogens is 108 g/mol. The van der Waals surface area contributed by atoms with Crippen molar-refractivity contribution in [2.45, 2.75) is 46.0 Å². The van der Waals surface area contributed by atoms with Crippen LogP contribution >= 0.6 is 0 Å². The topological polar surface area (TPSA) is 0 Å². The van der Waals surface area contributed by atoms with Crippen LogP contribution in [0.2, 0.25) is 0 Å². The zero-order chi connectivity index (χ0) is 6.69. The minimum Gasteiger partial charge on any atom is -0.0654 e. The third kappa shape index (κ3) is 2.38. The molecule has 0 aromatic heterocycles. The molecule has 1 unspecified atom stereocenters. The monoisotopic (exact) mass is 125 g/mol. The predicted octanol–water partition coefficient (Wildman–Crippen LogP) is 3.18. The molecule has 0 N–H and O–H groups in total. The molecule has 0 nitrogen and oxygen atoms in total. The average molecular weight is 125 g/mol. The van der Waals surface area contributed by atoms with Gasteiger partial charge in [-0.15, -0.1) is 0 Å². The van der Waals surface area contributed by atoms with Crippen molar-refractivity contribution in [2.24, 2.45) is 5.92 Å². The van der Waals surface area contributed by atoms with Gasteiger partial charge in [0.15, 0.2) is 0 Å². The molecule has 1 radical (unpaired) electrons. The first-order chi connectivity index (χ1) is 4.34. The van der Waals surface area contributed by atoms with Crippen LogP contribution in [-0.4, -0.2) is 0 Å². The van der Waals surface area contributed by atoms with E-state index in [0.29, 0.717) is 0 Å². The Morgan fingerprint density at radius 3 is 2.56 bits per heavy atom. The van der Waals surface area contributed by atoms with Gasteiger partial charge in [-0.05, 0) is 24.7 Å². The standard InChI is InChI=1S/C9H17/c1-3-4-5-6-9-7-8(9)2/h9H,3-7H2,1-2H3. The largest absolute Gasteiger partial charge is 0.0654 e. The molecule has 0 bridgehead atoms. The highest BCUT2D eigenvalue weighted by Crippen LogP contribution is 2.43. The van der Waals surface area contributed by atoms with Crippen LogP contribution in [0.3, 0.4) is 0 Å². The van der Waals surface area contributed by atoms with Crippen LogP contribution in [0.5, 0.6) is 0 Å². The van der Waals surface area contributed by atoms with E-state index in [-0.39, 0.29) is 0 Å². The zero-order valence-electron chi connectivity index (χ0n) is 6.61. The molecular formula is C9H17. The average Bonchev–Trinajstić information content (AvgIpc) is 2.48. The smallest absolute Gasteiger partial charge is 0.0238 e. The molecule has 1 atom stereocenters. The van der Waals surface area contributed by atoms with Gasteiger partial charge in [-0.25, -0.2) is 0 Å². The molecule has 0 amide bonds. The van der Waals surface area contributed by atoms with Crippen LogP contribution in [-0.2, 0) is 0 Å². The summed E-state index contributed by atoms with van der Waals surface area (Å²) in [6.07, 6.45) is 7.16. The molecule has 1 fully saturated rings. The predicted molar refractivity (Wildman–Crippen MR) is 41.2 cm³/mol. The highest BCUT2D eigenvalue weighted by Gasteiger charge is 2.31. The molecule has 0 heterocycles. The maximum absolute atomic E-state index is 2.29. The normalized spacial score (nSPS) is 26.7. The van der Waals surface area contributed by atoms with Crippen LogP contribution in [0, 0.1) is 11.8 Å². The van der Waals surface area contributed by atoms with Gasteiger partial charge >= 0.3 is 0 Å². The van der Waals surface area contributed by atoms with Crippen molar-refractivity contribution >= 4 is 0 Å². The molecule has 0 saturated heterocycles. The molecule has 0 aliphatic heterocycles. The van der Waals surface area contributed by atoms with Crippen molar-refractivity contribution in [1.29, 1.82) is 0 Å². The fraction of sp³-hybridized carbons (Fsp3) is 0.889. The zero-order valence-corrected chi connectivity index (χ0v) is 6.61. The lowest BCUT2D eigenvalue weighted by Gasteiger charge is -1.94. The Balaban J connectivity index is 1.83. The third-order valence-corrected chi connectivity index (χ3v) is 2.26. The summed E-state index contributed by atoms with van der Waals surface area (Å²) in [5.41, 5.74) is 0. The number of hydrogen-bond donors (Lipinski definition) is 0. The summed E-state index contributed by atoms with van der Waals surface area (Å²) in [7, 11) is 0. The van der Waals surface area contributed by atoms with E-state index in [2.05, 4.69) is 13.8 Å². The van der Waals surface area contributed by atoms with E-state index < -0.39 is 0 Å². The van der Waals surface area contributed by atoms with Crippen LogP contribution in [0.15, 0.2) is 0 Å². The molecule has 1 saturated carbocycles. The van der Waals surface area contributed by atoms with Gasteiger partial charge in [-0.3, -0.25) is 0 Å². The van der Waals surface area contributed by atoms with Gasteiger partial charge in [-0.2, -0.15) is 0 Å². The third-order valence-electron chi connectivity index (χ3n) is 2.26. The molecule has 0 heteroatoms. The van der Waals surface area contributed by atoms with Gasteiger partial charge in [-0.1, -0.05) is 33.1 Å². The highest BCUT2D eigenvalue weighted by molar-refractivity contribution is 5.09. The Morgan fingerprint density at radius 1 is 1.44 bits per heavy atom. The van der Waals surface area contributed by atoms with E-state index in [0.717, 1.165) is 5.92 Å². The van der Waals surface area contributed by atoms with E-state index in [9.17, 15) is 0 Å². The Bertz CT molecular complexity index is 76.1. The molecule has 1 aliphatic carbocycles. The van der Waals surface area contributed by atoms with Gasteiger partial charge in [0, 0.05) is 0 Å². The first-order valence-electron chi connectivity index (χ1n) is 4.17. The van der Waals surface area contributed by atoms with Crippen LogP contribution in [0.1, 0.15) is 46.0 Å². The van der Waals surface area contributed by atoms with Crippen molar-refractivity contribution in [3.05, 3.63) is 5.92 Å². The second-order valence-corrected chi connectivity index (χ2v) is 3.24. The van der Waals surface area contributed by atoms with Crippen LogP contribution < -0.4 is 0 Å². The number of hydrogen-bond acceptors (Lipinski definition) is 0. The maximum atomic E-state index is 2.29. The van der Waals surface area contributed by atoms with E-state index in [1.807, 2.05) is 0 Å². The van der Waals surface area contributed by atoms with Gasteiger partial charge in [0.05, 0.1) is 0 Å². The summed E-state index contributed by atoms with van der Waals surface area (Å²) in [6.45, 7) is 4.56. The molecule has 0 aromatic carbocycles. The van der Waals surface area contributed by atoms with Crippen LogP contribution in [0.25, 0.3) is 0 Å². The minimum atomic E-state index is 1.04. The molecule has 1 rings (SSSR count). The van der Waals surface area contributed by atoms with Gasteiger partial charge in [0.25, 0.3) is 0 Å². The summed E-state index contributed by atoms with van der Waals surface area (Å²) in [5, 5.41) is 0. The maximum Gasteiger partial charge on any atom is -0.0238 e. The second-order valence-electron chi connectivity index (χ2n) is 3.24. The SMILES string of the molecule is CCCCCC1C[C]1C. The van der Waals surface area contributed by atoms with E-state index >= 15 is 0 Å². The van der Waals surface area contributed by atoms with Gasteiger partial charge in [0.2, 0.25) is 0 Å². The summed E-state index contributed by atoms with van der Waals surface area (Å²) >= 11 is 0. The molecule has 9 heavy (non-hydrogen) atoms. The second kappa shape index (κ2) is 3.24. The Hall–Kier alpha value is 0. The lowest BCUT2D eigenvalue weighted by molar-refractivity contribution is 0.624. The molecule has 1 aliphatic rings. The van der Waals surface area contributed by atoms with Crippen molar-refractivity contribution < 1.29 is 0 Å². The first-order valence-corrected chi connectivity index (χ1v) is 4.17. The number of rotatable bonds is 4. The fourth-order valence-electron chi connectivity index (χ4n) is 1.32. The van der Waals surface area contributed by atoms with E-state index in [4.69, 9.17) is 0 Å². The number of unbranched alkanes of at least 4 members (excludes halogenated alkanes) is 2. The van der Waals surface area contributed by atoms with Gasteiger partial charge in [0.1, 0.15) is 0 Å². The minimum absolute atomic E-state index is 1.04. The van der Waals surface area contributed by atoms with Gasteiger partial charge < -0.3 is 0 Å². The lowest BCUT2D eigenvalue weighted by Crippen LogP contribution is -1.78. The van der Waals surface area contributed by atoms with Crippen molar-refractivity contribution in [3.8, 4) is 0 Å². The van der Waals surface area contributed by atoms with E-state index in [1.54, 1.807) is 5.92 Å².